The Kier molecular flexibility index (Phi) is 7.56. The summed E-state index contributed by atoms with van der Waals surface area (Å²) in [5, 5.41) is 11.4. The second kappa shape index (κ2) is 11.0. The average molecular weight is 432 g/mol. The van der Waals surface area contributed by atoms with Crippen molar-refractivity contribution in [3.05, 3.63) is 83.7 Å². The minimum atomic E-state index is 0.138. The Morgan fingerprint density at radius 1 is 1.12 bits per heavy atom. The van der Waals surface area contributed by atoms with E-state index in [-0.39, 0.29) is 6.10 Å². The van der Waals surface area contributed by atoms with Crippen molar-refractivity contribution < 1.29 is 4.74 Å². The molecule has 4 rings (SSSR count). The van der Waals surface area contributed by atoms with Crippen molar-refractivity contribution in [2.45, 2.75) is 32.3 Å². The number of aryl methyl sites for hydroxylation is 1. The Balaban J connectivity index is 1.26. The first kappa shape index (κ1) is 22.1. The molecule has 2 N–H and O–H groups in total. The first-order chi connectivity index (χ1) is 15.7. The third-order valence-corrected chi connectivity index (χ3v) is 5.97. The van der Waals surface area contributed by atoms with Crippen LogP contribution < -0.4 is 10.6 Å². The molecule has 2 heterocycles. The summed E-state index contributed by atoms with van der Waals surface area (Å²) in [7, 11) is 1.82. The molecule has 6 nitrogen and oxygen atoms in total. The lowest BCUT2D eigenvalue weighted by molar-refractivity contribution is -0.0265. The Bertz CT molecular complexity index is 997. The highest BCUT2D eigenvalue weighted by Gasteiger charge is 2.27. The first-order valence-electron chi connectivity index (χ1n) is 11.4. The van der Waals surface area contributed by atoms with Gasteiger partial charge in [-0.25, -0.2) is 4.68 Å². The molecular formula is C26H33N5O. The average Bonchev–Trinajstić information content (AvgIpc) is 3.31. The Hall–Kier alpha value is -3.12. The van der Waals surface area contributed by atoms with Gasteiger partial charge in [-0.3, -0.25) is 4.99 Å². The molecule has 0 aliphatic carbocycles. The Morgan fingerprint density at radius 2 is 1.94 bits per heavy atom. The highest BCUT2D eigenvalue weighted by Crippen LogP contribution is 2.33. The number of rotatable bonds is 7. The van der Waals surface area contributed by atoms with Gasteiger partial charge in [0.25, 0.3) is 0 Å². The van der Waals surface area contributed by atoms with Crippen LogP contribution in [0.4, 0.5) is 0 Å². The molecule has 6 heteroatoms. The van der Waals surface area contributed by atoms with Crippen molar-refractivity contribution in [1.82, 2.24) is 20.4 Å². The van der Waals surface area contributed by atoms with Crippen LogP contribution in [0.2, 0.25) is 0 Å². The number of para-hydroxylation sites is 1. The molecule has 0 amide bonds. The van der Waals surface area contributed by atoms with E-state index in [0.717, 1.165) is 50.6 Å². The van der Waals surface area contributed by atoms with Crippen molar-refractivity contribution in [3.8, 4) is 5.69 Å². The van der Waals surface area contributed by atoms with Gasteiger partial charge >= 0.3 is 0 Å². The molecule has 2 aromatic carbocycles. The van der Waals surface area contributed by atoms with Crippen molar-refractivity contribution in [3.63, 3.8) is 0 Å². The Labute approximate surface area is 190 Å². The Morgan fingerprint density at radius 3 is 2.72 bits per heavy atom. The lowest BCUT2D eigenvalue weighted by Crippen LogP contribution is -2.42. The van der Waals surface area contributed by atoms with E-state index in [4.69, 9.17) is 4.74 Å². The summed E-state index contributed by atoms with van der Waals surface area (Å²) < 4.78 is 8.06. The van der Waals surface area contributed by atoms with Gasteiger partial charge in [-0.05, 0) is 49.4 Å². The van der Waals surface area contributed by atoms with E-state index in [0.29, 0.717) is 5.92 Å². The smallest absolute Gasteiger partial charge is 0.190 e. The van der Waals surface area contributed by atoms with Crippen LogP contribution >= 0.6 is 0 Å². The maximum Gasteiger partial charge on any atom is 0.190 e. The molecule has 1 aromatic heterocycles. The van der Waals surface area contributed by atoms with Gasteiger partial charge in [0.15, 0.2) is 5.96 Å². The van der Waals surface area contributed by atoms with E-state index < -0.39 is 0 Å². The molecule has 1 aliphatic heterocycles. The summed E-state index contributed by atoms with van der Waals surface area (Å²) in [6, 6.07) is 18.9. The first-order valence-corrected chi connectivity index (χ1v) is 11.4. The molecule has 2 atom stereocenters. The molecule has 3 aromatic rings. The fourth-order valence-corrected chi connectivity index (χ4v) is 4.16. The standard InChI is InChI=1S/C26H33N5O/c1-20-10-12-22(13-11-20)25-23(7-6-16-32-25)18-29-26(27-2)28-15-14-21-17-30-31(19-21)24-8-4-3-5-9-24/h3-5,8-13,17,19,23,25H,6-7,14-16,18H2,1-2H3,(H2,27,28,29). The normalized spacial score (nSPS) is 19.0. The van der Waals surface area contributed by atoms with E-state index in [1.165, 1.54) is 16.7 Å². The molecule has 0 saturated carbocycles. The number of guanidine groups is 1. The number of hydrogen-bond donors (Lipinski definition) is 2. The largest absolute Gasteiger partial charge is 0.373 e. The van der Waals surface area contributed by atoms with Crippen molar-refractivity contribution in [1.29, 1.82) is 0 Å². The van der Waals surface area contributed by atoms with E-state index in [1.807, 2.05) is 36.1 Å². The summed E-state index contributed by atoms with van der Waals surface area (Å²) in [6.45, 7) is 4.58. The maximum absolute atomic E-state index is 6.15. The molecule has 32 heavy (non-hydrogen) atoms. The van der Waals surface area contributed by atoms with Crippen LogP contribution in [0.1, 0.15) is 35.6 Å². The zero-order valence-electron chi connectivity index (χ0n) is 19.0. The zero-order valence-corrected chi connectivity index (χ0v) is 19.0. The number of nitrogens with zero attached hydrogens (tertiary/aromatic N) is 3. The van der Waals surface area contributed by atoms with Crippen LogP contribution in [0.15, 0.2) is 72.0 Å². The molecular weight excluding hydrogens is 398 g/mol. The summed E-state index contributed by atoms with van der Waals surface area (Å²) in [4.78, 5) is 4.40. The quantitative estimate of drug-likeness (QED) is 0.438. The van der Waals surface area contributed by atoms with Crippen molar-refractivity contribution >= 4 is 5.96 Å². The molecule has 1 aliphatic rings. The second-order valence-electron chi connectivity index (χ2n) is 8.36. The third-order valence-electron chi connectivity index (χ3n) is 5.97. The van der Waals surface area contributed by atoms with Gasteiger partial charge in [0.2, 0.25) is 0 Å². The maximum atomic E-state index is 6.15. The molecule has 2 unspecified atom stereocenters. The lowest BCUT2D eigenvalue weighted by Gasteiger charge is -2.32. The van der Waals surface area contributed by atoms with Gasteiger partial charge in [0.1, 0.15) is 0 Å². The zero-order chi connectivity index (χ0) is 22.2. The van der Waals surface area contributed by atoms with Crippen LogP contribution in [0, 0.1) is 12.8 Å². The van der Waals surface area contributed by atoms with Crippen molar-refractivity contribution in [2.75, 3.05) is 26.7 Å². The number of aliphatic imine (C=N–C) groups is 1. The number of benzene rings is 2. The molecule has 168 valence electrons. The highest BCUT2D eigenvalue weighted by molar-refractivity contribution is 5.79. The third kappa shape index (κ3) is 5.77. The van der Waals surface area contributed by atoms with Gasteiger partial charge in [-0.15, -0.1) is 0 Å². The summed E-state index contributed by atoms with van der Waals surface area (Å²) in [5.74, 6) is 1.25. The number of aromatic nitrogens is 2. The summed E-state index contributed by atoms with van der Waals surface area (Å²) >= 11 is 0. The molecule has 1 fully saturated rings. The highest BCUT2D eigenvalue weighted by atomic mass is 16.5. The van der Waals surface area contributed by atoms with E-state index in [9.17, 15) is 0 Å². The predicted octanol–water partition coefficient (Wildman–Crippen LogP) is 4.06. The van der Waals surface area contributed by atoms with Gasteiger partial charge in [0, 0.05) is 38.9 Å². The second-order valence-corrected chi connectivity index (χ2v) is 8.36. The van der Waals surface area contributed by atoms with Crippen molar-refractivity contribution in [2.24, 2.45) is 10.9 Å². The van der Waals surface area contributed by atoms with E-state index in [1.54, 1.807) is 0 Å². The topological polar surface area (TPSA) is 63.5 Å². The number of hydrogen-bond acceptors (Lipinski definition) is 3. The minimum Gasteiger partial charge on any atom is -0.373 e. The van der Waals surface area contributed by atoms with Gasteiger partial charge in [-0.2, -0.15) is 5.10 Å². The minimum absolute atomic E-state index is 0.138. The van der Waals surface area contributed by atoms with Crippen LogP contribution in [0.25, 0.3) is 5.69 Å². The summed E-state index contributed by atoms with van der Waals surface area (Å²) in [6.07, 6.45) is 7.29. The van der Waals surface area contributed by atoms with Crippen LogP contribution in [-0.4, -0.2) is 42.5 Å². The summed E-state index contributed by atoms with van der Waals surface area (Å²) in [5.41, 5.74) is 4.80. The van der Waals surface area contributed by atoms with Crippen LogP contribution in [0.3, 0.4) is 0 Å². The molecule has 0 bridgehead atoms. The van der Waals surface area contributed by atoms with Gasteiger partial charge < -0.3 is 15.4 Å². The van der Waals surface area contributed by atoms with E-state index in [2.05, 4.69) is 70.2 Å². The predicted molar refractivity (Wildman–Crippen MR) is 129 cm³/mol. The van der Waals surface area contributed by atoms with Gasteiger partial charge in [-0.1, -0.05) is 48.0 Å². The fraction of sp³-hybridized carbons (Fsp3) is 0.385. The SMILES string of the molecule is CN=C(NCCc1cnn(-c2ccccc2)c1)NCC1CCCOC1c1ccc(C)cc1. The van der Waals surface area contributed by atoms with Crippen LogP contribution in [-0.2, 0) is 11.2 Å². The number of nitrogens with one attached hydrogen (secondary N) is 2. The van der Waals surface area contributed by atoms with Crippen LogP contribution in [0.5, 0.6) is 0 Å². The van der Waals surface area contributed by atoms with Gasteiger partial charge in [0.05, 0.1) is 18.0 Å². The fourth-order valence-electron chi connectivity index (χ4n) is 4.16. The molecule has 0 spiro atoms. The molecule has 0 radical (unpaired) electrons. The van der Waals surface area contributed by atoms with E-state index >= 15 is 0 Å². The monoisotopic (exact) mass is 431 g/mol. The lowest BCUT2D eigenvalue weighted by atomic mass is 9.89. The number of ether oxygens (including phenoxy) is 1. The molecule has 1 saturated heterocycles.